The SMILES string of the molecule is COC(=O)C1=C(CN2CCN3C(=O)N(c4ccc(-c5cnc(CN6CCOCC6)[nH]5)cc4)C[C@@H]3C2)NC(c2nccs2)=N[C@H]1c1ccc(F)cc1Cl. The summed E-state index contributed by atoms with van der Waals surface area (Å²) in [5.41, 5.74) is 4.11. The average molecular weight is 746 g/mol. The highest BCUT2D eigenvalue weighted by Crippen LogP contribution is 2.37. The quantitative estimate of drug-likeness (QED) is 0.241. The normalized spacial score (nSPS) is 21.3. The molecule has 0 aliphatic carbocycles. The number of halogens is 2. The second-order valence-electron chi connectivity index (χ2n) is 13.0. The van der Waals surface area contributed by atoms with Gasteiger partial charge in [0.1, 0.15) is 17.7 Å². The number of carbonyl (C=O) groups excluding carboxylic acids is 2. The number of nitrogens with zero attached hydrogens (tertiary/aromatic N) is 7. The highest BCUT2D eigenvalue weighted by atomic mass is 35.5. The molecule has 0 saturated carbocycles. The van der Waals surface area contributed by atoms with Crippen LogP contribution in [0.2, 0.25) is 5.02 Å². The first kappa shape index (κ1) is 34.4. The van der Waals surface area contributed by atoms with Crippen LogP contribution in [0.4, 0.5) is 14.9 Å². The number of aliphatic imine (C=N–C) groups is 1. The fraction of sp³-hybridized carbons (Fsp3) is 0.361. The van der Waals surface area contributed by atoms with Crippen molar-refractivity contribution in [1.82, 2.24) is 35.0 Å². The lowest BCUT2D eigenvalue weighted by atomic mass is 9.95. The number of imidazole rings is 1. The number of hydrogen-bond acceptors (Lipinski definition) is 11. The molecule has 270 valence electrons. The Balaban J connectivity index is 0.984. The number of fused-ring (bicyclic) bond motifs is 1. The van der Waals surface area contributed by atoms with E-state index in [1.54, 1.807) is 12.3 Å². The summed E-state index contributed by atoms with van der Waals surface area (Å²) in [7, 11) is 1.32. The van der Waals surface area contributed by atoms with E-state index in [1.165, 1.54) is 30.6 Å². The van der Waals surface area contributed by atoms with Gasteiger partial charge >= 0.3 is 12.0 Å². The molecule has 6 heterocycles. The third kappa shape index (κ3) is 6.94. The summed E-state index contributed by atoms with van der Waals surface area (Å²) in [4.78, 5) is 52.6. The summed E-state index contributed by atoms with van der Waals surface area (Å²) in [6.07, 6.45) is 3.53. The van der Waals surface area contributed by atoms with Gasteiger partial charge in [-0.25, -0.2) is 23.9 Å². The van der Waals surface area contributed by atoms with Crippen molar-refractivity contribution in [3.05, 3.63) is 98.7 Å². The standard InChI is InChI=1S/C36H37ClFN9O4S/c1-50-35(48)31-29(42-33(34-39-8-15-52-34)43-32(31)26-7-4-23(38)16-27(26)37)20-45-9-10-46-25(18-45)19-47(36(46)49)24-5-2-22(3-6-24)28-17-40-30(41-28)21-44-11-13-51-14-12-44/h2-8,15-17,25,32H,9-14,18-21H2,1H3,(H,40,41)(H,42,43)/t25-,32-/m0/s1. The molecular weight excluding hydrogens is 709 g/mol. The number of nitrogens with one attached hydrogen (secondary N) is 2. The van der Waals surface area contributed by atoms with Crippen molar-refractivity contribution in [2.75, 3.05) is 71.0 Å². The zero-order valence-corrected chi connectivity index (χ0v) is 30.0. The monoisotopic (exact) mass is 745 g/mol. The molecule has 4 aliphatic heterocycles. The number of hydrogen-bond donors (Lipinski definition) is 2. The lowest BCUT2D eigenvalue weighted by Gasteiger charge is -2.38. The van der Waals surface area contributed by atoms with E-state index in [-0.39, 0.29) is 22.7 Å². The van der Waals surface area contributed by atoms with Crippen LogP contribution in [-0.2, 0) is 20.8 Å². The Labute approximate surface area is 308 Å². The van der Waals surface area contributed by atoms with Gasteiger partial charge in [0.15, 0.2) is 10.8 Å². The van der Waals surface area contributed by atoms with E-state index in [0.717, 1.165) is 55.6 Å². The summed E-state index contributed by atoms with van der Waals surface area (Å²) in [5, 5.41) is 5.99. The fourth-order valence-corrected chi connectivity index (χ4v) is 8.06. The van der Waals surface area contributed by atoms with Crippen LogP contribution in [0.3, 0.4) is 0 Å². The number of urea groups is 1. The van der Waals surface area contributed by atoms with Gasteiger partial charge in [0.25, 0.3) is 0 Å². The van der Waals surface area contributed by atoms with E-state index in [0.29, 0.717) is 54.8 Å². The predicted octanol–water partition coefficient (Wildman–Crippen LogP) is 4.30. The van der Waals surface area contributed by atoms with Crippen LogP contribution in [0.1, 0.15) is 22.4 Å². The van der Waals surface area contributed by atoms with Gasteiger partial charge in [-0.2, -0.15) is 0 Å². The van der Waals surface area contributed by atoms with Crippen LogP contribution in [0.25, 0.3) is 11.3 Å². The molecule has 2 amide bonds. The third-order valence-electron chi connectivity index (χ3n) is 9.84. The zero-order valence-electron chi connectivity index (χ0n) is 28.4. The Kier molecular flexibility index (Phi) is 9.76. The Morgan fingerprint density at radius 3 is 2.63 bits per heavy atom. The molecule has 0 radical (unpaired) electrons. The molecule has 16 heteroatoms. The fourth-order valence-electron chi connectivity index (χ4n) is 7.20. The smallest absolute Gasteiger partial charge is 0.338 e. The molecule has 3 fully saturated rings. The minimum atomic E-state index is -0.846. The molecule has 0 bridgehead atoms. The number of methoxy groups -OCH3 is 1. The minimum absolute atomic E-state index is 0.0267. The summed E-state index contributed by atoms with van der Waals surface area (Å²) in [6, 6.07) is 11.1. The van der Waals surface area contributed by atoms with E-state index in [9.17, 15) is 14.0 Å². The van der Waals surface area contributed by atoms with Crippen LogP contribution in [0.15, 0.2) is 76.5 Å². The highest BCUT2D eigenvalue weighted by Gasteiger charge is 2.42. The maximum Gasteiger partial charge on any atom is 0.338 e. The first-order valence-electron chi connectivity index (χ1n) is 17.1. The number of ether oxygens (including phenoxy) is 2. The number of carbonyl (C=O) groups is 2. The van der Waals surface area contributed by atoms with Crippen molar-refractivity contribution in [2.24, 2.45) is 4.99 Å². The topological polar surface area (TPSA) is 132 Å². The molecule has 0 spiro atoms. The van der Waals surface area contributed by atoms with Crippen molar-refractivity contribution in [2.45, 2.75) is 18.6 Å². The molecule has 2 atom stereocenters. The third-order valence-corrected chi connectivity index (χ3v) is 10.9. The lowest BCUT2D eigenvalue weighted by Crippen LogP contribution is -2.53. The molecule has 3 saturated heterocycles. The highest BCUT2D eigenvalue weighted by molar-refractivity contribution is 7.11. The summed E-state index contributed by atoms with van der Waals surface area (Å²) in [5.74, 6) is 0.339. The van der Waals surface area contributed by atoms with E-state index in [2.05, 4.69) is 30.1 Å². The number of aromatic amines is 1. The van der Waals surface area contributed by atoms with Gasteiger partial charge in [-0.3, -0.25) is 19.7 Å². The number of rotatable bonds is 9. The number of piperazine rings is 1. The number of morpholine rings is 1. The van der Waals surface area contributed by atoms with Gasteiger partial charge < -0.3 is 24.7 Å². The Morgan fingerprint density at radius 2 is 1.88 bits per heavy atom. The summed E-state index contributed by atoms with van der Waals surface area (Å²) in [6.45, 7) is 6.61. The number of esters is 1. The first-order valence-corrected chi connectivity index (χ1v) is 18.4. The molecule has 52 heavy (non-hydrogen) atoms. The maximum absolute atomic E-state index is 14.1. The van der Waals surface area contributed by atoms with Gasteiger partial charge in [0, 0.05) is 79.4 Å². The average Bonchev–Trinajstić information content (AvgIpc) is 3.93. The van der Waals surface area contributed by atoms with Gasteiger partial charge in [0.2, 0.25) is 0 Å². The number of amides is 2. The number of thiazole rings is 1. The molecular formula is C36H37ClFN9O4S. The number of anilines is 1. The summed E-state index contributed by atoms with van der Waals surface area (Å²) >= 11 is 7.93. The van der Waals surface area contributed by atoms with Crippen molar-refractivity contribution >= 4 is 46.5 Å². The number of H-pyrrole nitrogens is 1. The van der Waals surface area contributed by atoms with Crippen molar-refractivity contribution in [3.63, 3.8) is 0 Å². The van der Waals surface area contributed by atoms with Crippen LogP contribution >= 0.6 is 22.9 Å². The molecule has 4 aromatic rings. The van der Waals surface area contributed by atoms with Crippen LogP contribution in [-0.4, -0.2) is 120 Å². The van der Waals surface area contributed by atoms with Crippen molar-refractivity contribution in [1.29, 1.82) is 0 Å². The predicted molar refractivity (Wildman–Crippen MR) is 195 cm³/mol. The van der Waals surface area contributed by atoms with E-state index in [1.807, 2.05) is 45.6 Å². The van der Waals surface area contributed by atoms with Gasteiger partial charge in [0.05, 0.1) is 50.4 Å². The van der Waals surface area contributed by atoms with Gasteiger partial charge in [-0.05, 0) is 29.8 Å². The lowest BCUT2D eigenvalue weighted by molar-refractivity contribution is -0.136. The van der Waals surface area contributed by atoms with Crippen LogP contribution in [0.5, 0.6) is 0 Å². The van der Waals surface area contributed by atoms with Crippen molar-refractivity contribution in [3.8, 4) is 11.3 Å². The molecule has 0 unspecified atom stereocenters. The number of aromatic nitrogens is 3. The Bertz CT molecular complexity index is 2020. The van der Waals surface area contributed by atoms with Crippen LogP contribution < -0.4 is 10.2 Å². The molecule has 2 aromatic heterocycles. The zero-order chi connectivity index (χ0) is 35.8. The van der Waals surface area contributed by atoms with Crippen molar-refractivity contribution < 1.29 is 23.5 Å². The molecule has 2 aromatic carbocycles. The molecule has 2 N–H and O–H groups in total. The number of amidine groups is 1. The second kappa shape index (κ2) is 14.8. The Hall–Kier alpha value is -4.67. The maximum atomic E-state index is 14.1. The van der Waals surface area contributed by atoms with Gasteiger partial charge in [-0.15, -0.1) is 11.3 Å². The molecule has 13 nitrogen and oxygen atoms in total. The number of benzene rings is 2. The first-order chi connectivity index (χ1) is 25.3. The second-order valence-corrected chi connectivity index (χ2v) is 14.3. The minimum Gasteiger partial charge on any atom is -0.466 e. The molecule has 4 aliphatic rings. The molecule has 8 rings (SSSR count). The largest absolute Gasteiger partial charge is 0.466 e. The van der Waals surface area contributed by atoms with E-state index >= 15 is 0 Å². The summed E-state index contributed by atoms with van der Waals surface area (Å²) < 4.78 is 24.7. The van der Waals surface area contributed by atoms with Gasteiger partial charge in [-0.1, -0.05) is 29.8 Å². The van der Waals surface area contributed by atoms with Crippen LogP contribution in [0, 0.1) is 5.82 Å². The van der Waals surface area contributed by atoms with E-state index in [4.69, 9.17) is 26.1 Å². The van der Waals surface area contributed by atoms with E-state index < -0.39 is 17.8 Å². The Morgan fingerprint density at radius 1 is 1.06 bits per heavy atom.